The molecule has 3 nitrogen and oxygen atoms in total. The second kappa shape index (κ2) is 5.15. The minimum absolute atomic E-state index is 0.511. The van der Waals surface area contributed by atoms with Crippen molar-refractivity contribution in [2.75, 3.05) is 5.73 Å². The zero-order valence-corrected chi connectivity index (χ0v) is 11.2. The lowest BCUT2D eigenvalue weighted by Crippen LogP contribution is -2.03. The van der Waals surface area contributed by atoms with E-state index in [9.17, 15) is 0 Å². The minimum atomic E-state index is 0.511. The van der Waals surface area contributed by atoms with Crippen molar-refractivity contribution in [2.45, 2.75) is 32.7 Å². The highest BCUT2D eigenvalue weighted by Gasteiger charge is 2.10. The van der Waals surface area contributed by atoms with Crippen molar-refractivity contribution in [2.24, 2.45) is 0 Å². The van der Waals surface area contributed by atoms with E-state index in [0.29, 0.717) is 16.0 Å². The van der Waals surface area contributed by atoms with Gasteiger partial charge in [0.1, 0.15) is 0 Å². The summed E-state index contributed by atoms with van der Waals surface area (Å²) in [7, 11) is 0. The molecule has 0 saturated heterocycles. The van der Waals surface area contributed by atoms with Gasteiger partial charge in [0, 0.05) is 6.54 Å². The number of unbranched alkanes of at least 4 members (excludes halogenated alkanes) is 2. The molecule has 0 spiro atoms. The summed E-state index contributed by atoms with van der Waals surface area (Å²) in [6.07, 6.45) is 3.45. The largest absolute Gasteiger partial charge is 0.369 e. The maximum absolute atomic E-state index is 6.02. The van der Waals surface area contributed by atoms with Crippen LogP contribution in [0.15, 0.2) is 12.1 Å². The van der Waals surface area contributed by atoms with Gasteiger partial charge in [-0.3, -0.25) is 0 Å². The first kappa shape index (κ1) is 12.5. The highest BCUT2D eigenvalue weighted by Crippen LogP contribution is 2.29. The molecule has 1 heterocycles. The maximum Gasteiger partial charge on any atom is 0.201 e. The summed E-state index contributed by atoms with van der Waals surface area (Å²) in [4.78, 5) is 4.29. The summed E-state index contributed by atoms with van der Waals surface area (Å²) in [6, 6.07) is 3.58. The quantitative estimate of drug-likeness (QED) is 0.851. The van der Waals surface area contributed by atoms with E-state index in [0.717, 1.165) is 24.0 Å². The number of rotatable bonds is 4. The van der Waals surface area contributed by atoms with Crippen LogP contribution in [0.5, 0.6) is 0 Å². The fraction of sp³-hybridized carbons (Fsp3) is 0.417. The summed E-state index contributed by atoms with van der Waals surface area (Å²) in [6.45, 7) is 3.04. The molecule has 5 heteroatoms. The van der Waals surface area contributed by atoms with Crippen LogP contribution in [0, 0.1) is 0 Å². The maximum atomic E-state index is 6.02. The third-order valence-corrected chi connectivity index (χ3v) is 3.53. The van der Waals surface area contributed by atoms with Gasteiger partial charge in [0.15, 0.2) is 0 Å². The topological polar surface area (TPSA) is 43.8 Å². The molecule has 0 aliphatic heterocycles. The van der Waals surface area contributed by atoms with Crippen LogP contribution in [0.4, 0.5) is 5.95 Å². The van der Waals surface area contributed by atoms with Gasteiger partial charge < -0.3 is 10.3 Å². The normalized spacial score (nSPS) is 11.2. The molecule has 0 amide bonds. The molecule has 0 saturated carbocycles. The molecule has 0 atom stereocenters. The number of halogens is 2. The summed E-state index contributed by atoms with van der Waals surface area (Å²) >= 11 is 12.0. The Morgan fingerprint density at radius 3 is 2.65 bits per heavy atom. The number of nitrogen functional groups attached to an aromatic ring is 1. The number of imidazole rings is 1. The molecular formula is C12H15Cl2N3. The van der Waals surface area contributed by atoms with E-state index in [-0.39, 0.29) is 0 Å². The molecule has 0 aliphatic carbocycles. The number of benzene rings is 1. The van der Waals surface area contributed by atoms with E-state index in [1.807, 2.05) is 10.6 Å². The molecule has 0 aliphatic rings. The van der Waals surface area contributed by atoms with Crippen LogP contribution < -0.4 is 5.73 Å². The lowest BCUT2D eigenvalue weighted by atomic mass is 10.2. The summed E-state index contributed by atoms with van der Waals surface area (Å²) in [5.74, 6) is 0.523. The Balaban J connectivity index is 2.40. The van der Waals surface area contributed by atoms with E-state index in [1.54, 1.807) is 6.07 Å². The van der Waals surface area contributed by atoms with Crippen molar-refractivity contribution in [1.82, 2.24) is 9.55 Å². The summed E-state index contributed by atoms with van der Waals surface area (Å²) in [5, 5.41) is 1.05. The molecule has 0 unspecified atom stereocenters. The number of aromatic nitrogens is 2. The fourth-order valence-corrected chi connectivity index (χ4v) is 2.21. The van der Waals surface area contributed by atoms with E-state index < -0.39 is 0 Å². The van der Waals surface area contributed by atoms with Gasteiger partial charge in [-0.2, -0.15) is 0 Å². The number of nitrogens with zero attached hydrogens (tertiary/aromatic N) is 2. The molecule has 0 bridgehead atoms. The summed E-state index contributed by atoms with van der Waals surface area (Å²) in [5.41, 5.74) is 7.65. The van der Waals surface area contributed by atoms with Crippen LogP contribution in [0.25, 0.3) is 11.0 Å². The number of hydrogen-bond donors (Lipinski definition) is 1. The van der Waals surface area contributed by atoms with Crippen LogP contribution in [0.1, 0.15) is 26.2 Å². The smallest absolute Gasteiger partial charge is 0.201 e. The monoisotopic (exact) mass is 271 g/mol. The number of nitrogens with two attached hydrogens (primary N) is 1. The highest BCUT2D eigenvalue weighted by atomic mass is 35.5. The Morgan fingerprint density at radius 2 is 1.94 bits per heavy atom. The van der Waals surface area contributed by atoms with Gasteiger partial charge in [-0.1, -0.05) is 43.0 Å². The Morgan fingerprint density at radius 1 is 1.24 bits per heavy atom. The van der Waals surface area contributed by atoms with E-state index in [2.05, 4.69) is 11.9 Å². The zero-order chi connectivity index (χ0) is 12.4. The molecular weight excluding hydrogens is 257 g/mol. The lowest BCUT2D eigenvalue weighted by molar-refractivity contribution is 0.619. The molecule has 92 valence electrons. The molecule has 2 aromatic rings. The van der Waals surface area contributed by atoms with Crippen molar-refractivity contribution < 1.29 is 0 Å². The van der Waals surface area contributed by atoms with Gasteiger partial charge >= 0.3 is 0 Å². The first-order valence-electron chi connectivity index (χ1n) is 5.74. The average molecular weight is 272 g/mol. The molecule has 0 fully saturated rings. The Hall–Kier alpha value is -0.930. The van der Waals surface area contributed by atoms with Crippen molar-refractivity contribution in [3.63, 3.8) is 0 Å². The summed E-state index contributed by atoms with van der Waals surface area (Å²) < 4.78 is 1.99. The standard InChI is InChI=1S/C12H15Cl2N3/c1-2-3-4-5-17-11-7-9(14)8(13)6-10(11)16-12(17)15/h6-7H,2-5H2,1H3,(H2,15,16). The lowest BCUT2D eigenvalue weighted by Gasteiger charge is -2.06. The van der Waals surface area contributed by atoms with Crippen molar-refractivity contribution in [1.29, 1.82) is 0 Å². The van der Waals surface area contributed by atoms with Crippen LogP contribution in [-0.2, 0) is 6.54 Å². The first-order valence-corrected chi connectivity index (χ1v) is 6.50. The van der Waals surface area contributed by atoms with Crippen molar-refractivity contribution >= 4 is 40.2 Å². The third kappa shape index (κ3) is 2.50. The second-order valence-corrected chi connectivity index (χ2v) is 4.90. The SMILES string of the molecule is CCCCCn1c(N)nc2cc(Cl)c(Cl)cc21. The third-order valence-electron chi connectivity index (χ3n) is 2.81. The molecule has 2 rings (SSSR count). The van der Waals surface area contributed by atoms with Gasteiger partial charge in [0.25, 0.3) is 0 Å². The predicted octanol–water partition coefficient (Wildman–Crippen LogP) is 4.12. The zero-order valence-electron chi connectivity index (χ0n) is 9.71. The number of hydrogen-bond acceptors (Lipinski definition) is 2. The molecule has 0 radical (unpaired) electrons. The Labute approximate surface area is 111 Å². The molecule has 1 aromatic heterocycles. The second-order valence-electron chi connectivity index (χ2n) is 4.08. The first-order chi connectivity index (χ1) is 8.13. The van der Waals surface area contributed by atoms with Crippen molar-refractivity contribution in [3.8, 4) is 0 Å². The van der Waals surface area contributed by atoms with Gasteiger partial charge in [0.05, 0.1) is 21.1 Å². The Kier molecular flexibility index (Phi) is 3.79. The van der Waals surface area contributed by atoms with E-state index >= 15 is 0 Å². The highest BCUT2D eigenvalue weighted by molar-refractivity contribution is 6.42. The van der Waals surface area contributed by atoms with E-state index in [4.69, 9.17) is 28.9 Å². The van der Waals surface area contributed by atoms with Gasteiger partial charge in [0.2, 0.25) is 5.95 Å². The van der Waals surface area contributed by atoms with Crippen LogP contribution >= 0.6 is 23.2 Å². The van der Waals surface area contributed by atoms with Gasteiger partial charge in [-0.05, 0) is 18.6 Å². The van der Waals surface area contributed by atoms with Crippen LogP contribution in [0.3, 0.4) is 0 Å². The van der Waals surface area contributed by atoms with Gasteiger partial charge in [-0.25, -0.2) is 4.98 Å². The van der Waals surface area contributed by atoms with Crippen LogP contribution in [0.2, 0.25) is 10.0 Å². The number of fused-ring (bicyclic) bond motifs is 1. The average Bonchev–Trinajstić information content (AvgIpc) is 2.57. The van der Waals surface area contributed by atoms with Crippen molar-refractivity contribution in [3.05, 3.63) is 22.2 Å². The molecule has 1 aromatic carbocycles. The van der Waals surface area contributed by atoms with Crippen LogP contribution in [-0.4, -0.2) is 9.55 Å². The minimum Gasteiger partial charge on any atom is -0.369 e. The number of aryl methyl sites for hydroxylation is 1. The molecule has 17 heavy (non-hydrogen) atoms. The predicted molar refractivity (Wildman–Crippen MR) is 73.7 cm³/mol. The number of anilines is 1. The van der Waals surface area contributed by atoms with Gasteiger partial charge in [-0.15, -0.1) is 0 Å². The Bertz CT molecular complexity index is 534. The molecule has 2 N–H and O–H groups in total. The van der Waals surface area contributed by atoms with E-state index in [1.165, 1.54) is 12.8 Å². The fourth-order valence-electron chi connectivity index (χ4n) is 1.89.